The molecule has 0 fully saturated rings. The van der Waals surface area contributed by atoms with E-state index in [4.69, 9.17) is 9.25 Å². The molecule has 0 radical (unpaired) electrons. The van der Waals surface area contributed by atoms with Crippen molar-refractivity contribution in [3.63, 3.8) is 0 Å². The van der Waals surface area contributed by atoms with Crippen molar-refractivity contribution in [3.05, 3.63) is 24.2 Å². The summed E-state index contributed by atoms with van der Waals surface area (Å²) in [5.41, 5.74) is 0. The molecule has 0 saturated heterocycles. The monoisotopic (exact) mass is 223 g/mol. The molecule has 0 spiro atoms. The highest BCUT2D eigenvalue weighted by molar-refractivity contribution is 5.74. The molecule has 90 valence electrons. The normalized spacial score (nSPS) is 11.1. The van der Waals surface area contributed by atoms with Crippen LogP contribution in [0.5, 0.6) is 0 Å². The van der Waals surface area contributed by atoms with Crippen LogP contribution in [0.3, 0.4) is 0 Å². The van der Waals surface area contributed by atoms with Crippen LogP contribution >= 0.6 is 0 Å². The number of furan rings is 1. The Balaban J connectivity index is 1.88. The Labute approximate surface area is 97.5 Å². The molecule has 0 aromatic carbocycles. The summed E-state index contributed by atoms with van der Waals surface area (Å²) < 4.78 is 5.08. The van der Waals surface area contributed by atoms with Gasteiger partial charge in [0.15, 0.2) is 0 Å². The van der Waals surface area contributed by atoms with Crippen LogP contribution in [0.15, 0.2) is 28.0 Å². The first-order valence-electron chi connectivity index (χ1n) is 6.12. The summed E-state index contributed by atoms with van der Waals surface area (Å²) in [5.74, 6) is 0.725. The first-order chi connectivity index (χ1) is 7.93. The third kappa shape index (κ3) is 6.27. The zero-order chi connectivity index (χ0) is 11.5. The van der Waals surface area contributed by atoms with Gasteiger partial charge in [-0.05, 0) is 25.0 Å². The largest absolute Gasteiger partial charge is 0.463 e. The van der Waals surface area contributed by atoms with E-state index in [1.165, 1.54) is 32.1 Å². The average Bonchev–Trinajstić information content (AvgIpc) is 2.80. The van der Waals surface area contributed by atoms with E-state index in [1.54, 1.807) is 12.5 Å². The summed E-state index contributed by atoms with van der Waals surface area (Å²) in [6, 6.07) is 3.67. The smallest absolute Gasteiger partial charge is 0.148 e. The fourth-order valence-electron chi connectivity index (χ4n) is 1.45. The van der Waals surface area contributed by atoms with Gasteiger partial charge in [0.25, 0.3) is 0 Å². The summed E-state index contributed by atoms with van der Waals surface area (Å²) in [4.78, 5) is 5.12. The summed E-state index contributed by atoms with van der Waals surface area (Å²) >= 11 is 0. The Morgan fingerprint density at radius 1 is 1.25 bits per heavy atom. The van der Waals surface area contributed by atoms with Gasteiger partial charge in [-0.2, -0.15) is 0 Å². The van der Waals surface area contributed by atoms with E-state index in [-0.39, 0.29) is 0 Å². The van der Waals surface area contributed by atoms with Crippen LogP contribution in [0, 0.1) is 0 Å². The first kappa shape index (κ1) is 12.8. The van der Waals surface area contributed by atoms with Crippen LogP contribution in [-0.4, -0.2) is 12.8 Å². The van der Waals surface area contributed by atoms with Crippen molar-refractivity contribution in [1.29, 1.82) is 0 Å². The van der Waals surface area contributed by atoms with Crippen LogP contribution in [-0.2, 0) is 4.84 Å². The molecule has 16 heavy (non-hydrogen) atoms. The highest BCUT2D eigenvalue weighted by Crippen LogP contribution is 2.04. The van der Waals surface area contributed by atoms with Crippen molar-refractivity contribution in [2.24, 2.45) is 5.16 Å². The molecule has 3 heteroatoms. The topological polar surface area (TPSA) is 34.7 Å². The fourth-order valence-corrected chi connectivity index (χ4v) is 1.45. The third-order valence-electron chi connectivity index (χ3n) is 2.39. The molecule has 0 bridgehead atoms. The minimum atomic E-state index is 0.698. The Hall–Kier alpha value is -1.25. The Morgan fingerprint density at radius 2 is 2.06 bits per heavy atom. The molecule has 3 nitrogen and oxygen atoms in total. The van der Waals surface area contributed by atoms with Crippen molar-refractivity contribution in [2.45, 2.75) is 45.4 Å². The second-order valence-electron chi connectivity index (χ2n) is 3.85. The lowest BCUT2D eigenvalue weighted by Crippen LogP contribution is -1.89. The summed E-state index contributed by atoms with van der Waals surface area (Å²) in [7, 11) is 0. The van der Waals surface area contributed by atoms with Crippen LogP contribution in [0.2, 0.25) is 0 Å². The van der Waals surface area contributed by atoms with Gasteiger partial charge in [0.1, 0.15) is 18.6 Å². The van der Waals surface area contributed by atoms with E-state index < -0.39 is 0 Å². The van der Waals surface area contributed by atoms with E-state index in [2.05, 4.69) is 12.1 Å². The van der Waals surface area contributed by atoms with Crippen molar-refractivity contribution >= 4 is 6.21 Å². The molecule has 0 saturated carbocycles. The maximum absolute atomic E-state index is 5.12. The SMILES string of the molecule is CCCCCCCCO/N=C/c1ccco1. The average molecular weight is 223 g/mol. The van der Waals surface area contributed by atoms with Gasteiger partial charge in [0.2, 0.25) is 0 Å². The standard InChI is InChI=1S/C13H21NO2/c1-2-3-4-5-6-7-11-16-14-12-13-9-8-10-15-13/h8-10,12H,2-7,11H2,1H3/b14-12+. The number of oxime groups is 1. The van der Waals surface area contributed by atoms with Crippen LogP contribution in [0.1, 0.15) is 51.2 Å². The zero-order valence-corrected chi connectivity index (χ0v) is 10.0. The number of hydrogen-bond donors (Lipinski definition) is 0. The number of nitrogens with zero attached hydrogens (tertiary/aromatic N) is 1. The Morgan fingerprint density at radius 3 is 2.81 bits per heavy atom. The van der Waals surface area contributed by atoms with Gasteiger partial charge in [0, 0.05) is 0 Å². The Kier molecular flexibility index (Phi) is 7.22. The molecule has 0 N–H and O–H groups in total. The van der Waals surface area contributed by atoms with Crippen LogP contribution in [0.4, 0.5) is 0 Å². The second-order valence-corrected chi connectivity index (χ2v) is 3.85. The Bertz CT molecular complexity index is 267. The molecule has 1 rings (SSSR count). The van der Waals surface area contributed by atoms with Gasteiger partial charge < -0.3 is 9.25 Å². The van der Waals surface area contributed by atoms with Crippen molar-refractivity contribution in [2.75, 3.05) is 6.61 Å². The maximum Gasteiger partial charge on any atom is 0.148 e. The minimum Gasteiger partial charge on any atom is -0.463 e. The van der Waals surface area contributed by atoms with Gasteiger partial charge >= 0.3 is 0 Å². The van der Waals surface area contributed by atoms with E-state index in [0.717, 1.165) is 12.2 Å². The molecular weight excluding hydrogens is 202 g/mol. The molecule has 0 atom stereocenters. The maximum atomic E-state index is 5.12. The summed E-state index contributed by atoms with van der Waals surface area (Å²) in [6.07, 6.45) is 10.8. The van der Waals surface area contributed by atoms with Crippen molar-refractivity contribution in [1.82, 2.24) is 0 Å². The summed E-state index contributed by atoms with van der Waals surface area (Å²) in [5, 5.41) is 3.83. The third-order valence-corrected chi connectivity index (χ3v) is 2.39. The number of hydrogen-bond acceptors (Lipinski definition) is 3. The molecule has 1 aromatic rings. The highest BCUT2D eigenvalue weighted by Gasteiger charge is 1.91. The minimum absolute atomic E-state index is 0.698. The first-order valence-corrected chi connectivity index (χ1v) is 6.12. The van der Waals surface area contributed by atoms with E-state index in [0.29, 0.717) is 6.61 Å². The van der Waals surface area contributed by atoms with Gasteiger partial charge in [-0.1, -0.05) is 37.8 Å². The lowest BCUT2D eigenvalue weighted by molar-refractivity contribution is 0.141. The predicted molar refractivity (Wildman–Crippen MR) is 65.6 cm³/mol. The molecule has 1 aromatic heterocycles. The molecule has 0 amide bonds. The van der Waals surface area contributed by atoms with Gasteiger partial charge in [-0.15, -0.1) is 0 Å². The van der Waals surface area contributed by atoms with Crippen LogP contribution < -0.4 is 0 Å². The molecule has 0 aliphatic heterocycles. The number of rotatable bonds is 9. The van der Waals surface area contributed by atoms with Crippen LogP contribution in [0.25, 0.3) is 0 Å². The van der Waals surface area contributed by atoms with E-state index >= 15 is 0 Å². The van der Waals surface area contributed by atoms with Crippen molar-refractivity contribution in [3.8, 4) is 0 Å². The predicted octanol–water partition coefficient (Wildman–Crippen LogP) is 3.99. The van der Waals surface area contributed by atoms with E-state index in [9.17, 15) is 0 Å². The zero-order valence-electron chi connectivity index (χ0n) is 10.0. The lowest BCUT2D eigenvalue weighted by atomic mass is 10.1. The van der Waals surface area contributed by atoms with Gasteiger partial charge in [0.05, 0.1) is 6.26 Å². The molecule has 0 unspecified atom stereocenters. The van der Waals surface area contributed by atoms with Gasteiger partial charge in [-0.3, -0.25) is 0 Å². The molecule has 0 aliphatic carbocycles. The fraction of sp³-hybridized carbons (Fsp3) is 0.615. The quantitative estimate of drug-likeness (QED) is 0.360. The van der Waals surface area contributed by atoms with Gasteiger partial charge in [-0.25, -0.2) is 0 Å². The molecule has 0 aliphatic rings. The number of unbranched alkanes of at least 4 members (excludes halogenated alkanes) is 5. The summed E-state index contributed by atoms with van der Waals surface area (Å²) in [6.45, 7) is 2.93. The molecule has 1 heterocycles. The lowest BCUT2D eigenvalue weighted by Gasteiger charge is -1.99. The second kappa shape index (κ2) is 9.01. The highest BCUT2D eigenvalue weighted by atomic mass is 16.6. The van der Waals surface area contributed by atoms with Crippen molar-refractivity contribution < 1.29 is 9.25 Å². The van der Waals surface area contributed by atoms with E-state index in [1.807, 2.05) is 12.1 Å². The molecular formula is C13H21NO2.